The van der Waals surface area contributed by atoms with Crippen molar-refractivity contribution in [2.45, 2.75) is 25.8 Å². The maximum Gasteiger partial charge on any atom is 0.329 e. The summed E-state index contributed by atoms with van der Waals surface area (Å²) >= 11 is 0. The highest BCUT2D eigenvalue weighted by Crippen LogP contribution is 2.28. The van der Waals surface area contributed by atoms with Crippen LogP contribution in [-0.4, -0.2) is 24.5 Å². The molecule has 0 bridgehead atoms. The van der Waals surface area contributed by atoms with Crippen LogP contribution in [0.2, 0.25) is 0 Å². The van der Waals surface area contributed by atoms with Gasteiger partial charge >= 0.3 is 5.97 Å². The summed E-state index contributed by atoms with van der Waals surface area (Å²) < 4.78 is 10.3. The standard InChI is InChI=1S/C17H17NO4/c1-2-12-6-3-4-7-13(12)18(14-9-11-22-17(14)20)16(19)15-8-5-10-21-15/h3-8,10,14H,2,9,11H2,1H3. The monoisotopic (exact) mass is 299 g/mol. The predicted octanol–water partition coefficient (Wildman–Crippen LogP) is 2.80. The van der Waals surface area contributed by atoms with Gasteiger partial charge in [-0.15, -0.1) is 0 Å². The Balaban J connectivity index is 2.06. The van der Waals surface area contributed by atoms with Gasteiger partial charge in [0, 0.05) is 12.1 Å². The molecule has 5 nitrogen and oxygen atoms in total. The third-order valence-electron chi connectivity index (χ3n) is 3.80. The lowest BCUT2D eigenvalue weighted by Crippen LogP contribution is -2.43. The fourth-order valence-electron chi connectivity index (χ4n) is 2.70. The molecular weight excluding hydrogens is 282 g/mol. The number of carbonyl (C=O) groups is 2. The summed E-state index contributed by atoms with van der Waals surface area (Å²) in [7, 11) is 0. The van der Waals surface area contributed by atoms with Crippen LogP contribution in [0.15, 0.2) is 47.1 Å². The lowest BCUT2D eigenvalue weighted by Gasteiger charge is -2.27. The minimum Gasteiger partial charge on any atom is -0.464 e. The molecule has 2 aromatic rings. The normalized spacial score (nSPS) is 17.3. The van der Waals surface area contributed by atoms with Gasteiger partial charge in [0.15, 0.2) is 5.76 Å². The van der Waals surface area contributed by atoms with Crippen LogP contribution in [0.3, 0.4) is 0 Å². The molecule has 0 radical (unpaired) electrons. The van der Waals surface area contributed by atoms with Gasteiger partial charge in [-0.3, -0.25) is 9.69 Å². The van der Waals surface area contributed by atoms with Crippen LogP contribution in [0.1, 0.15) is 29.5 Å². The number of carbonyl (C=O) groups excluding carboxylic acids is 2. The summed E-state index contributed by atoms with van der Waals surface area (Å²) in [5, 5.41) is 0. The van der Waals surface area contributed by atoms with E-state index < -0.39 is 6.04 Å². The van der Waals surface area contributed by atoms with Crippen LogP contribution < -0.4 is 4.90 Å². The van der Waals surface area contributed by atoms with E-state index in [2.05, 4.69) is 0 Å². The van der Waals surface area contributed by atoms with Crippen molar-refractivity contribution < 1.29 is 18.7 Å². The van der Waals surface area contributed by atoms with Crippen LogP contribution in [-0.2, 0) is 16.0 Å². The number of furan rings is 1. The molecule has 0 aliphatic carbocycles. The second-order valence-corrected chi connectivity index (χ2v) is 5.11. The molecule has 1 atom stereocenters. The van der Waals surface area contributed by atoms with E-state index in [0.717, 1.165) is 17.7 Å². The largest absolute Gasteiger partial charge is 0.464 e. The highest BCUT2D eigenvalue weighted by Gasteiger charge is 2.38. The number of esters is 1. The molecule has 1 saturated heterocycles. The topological polar surface area (TPSA) is 59.8 Å². The van der Waals surface area contributed by atoms with Gasteiger partial charge in [0.25, 0.3) is 5.91 Å². The zero-order chi connectivity index (χ0) is 15.5. The van der Waals surface area contributed by atoms with Gasteiger partial charge in [0.1, 0.15) is 6.04 Å². The number of hydrogen-bond donors (Lipinski definition) is 0. The number of benzene rings is 1. The highest BCUT2D eigenvalue weighted by molar-refractivity contribution is 6.08. The molecule has 1 aliphatic rings. The third kappa shape index (κ3) is 2.50. The molecule has 1 fully saturated rings. The summed E-state index contributed by atoms with van der Waals surface area (Å²) in [6.45, 7) is 2.35. The first-order valence-electron chi connectivity index (χ1n) is 7.34. The number of para-hydroxylation sites is 1. The Morgan fingerprint density at radius 1 is 1.27 bits per heavy atom. The summed E-state index contributed by atoms with van der Waals surface area (Å²) in [4.78, 5) is 26.4. The molecule has 0 saturated carbocycles. The molecule has 0 spiro atoms. The number of ether oxygens (including phenoxy) is 1. The van der Waals surface area contributed by atoms with Gasteiger partial charge in [-0.25, -0.2) is 4.79 Å². The van der Waals surface area contributed by atoms with E-state index in [1.807, 2.05) is 31.2 Å². The molecule has 1 amide bonds. The van der Waals surface area contributed by atoms with E-state index >= 15 is 0 Å². The fourth-order valence-corrected chi connectivity index (χ4v) is 2.70. The van der Waals surface area contributed by atoms with E-state index in [4.69, 9.17) is 9.15 Å². The first-order valence-corrected chi connectivity index (χ1v) is 7.34. The number of anilines is 1. The van der Waals surface area contributed by atoms with Crippen LogP contribution >= 0.6 is 0 Å². The quantitative estimate of drug-likeness (QED) is 0.815. The molecule has 0 N–H and O–H groups in total. The van der Waals surface area contributed by atoms with Crippen molar-refractivity contribution in [2.24, 2.45) is 0 Å². The predicted molar refractivity (Wildman–Crippen MR) is 80.7 cm³/mol. The minimum atomic E-state index is -0.606. The molecular formula is C17H17NO4. The molecule has 2 heterocycles. The SMILES string of the molecule is CCc1ccccc1N(C(=O)c1ccco1)C1CCOC1=O. The Hall–Kier alpha value is -2.56. The second kappa shape index (κ2) is 6.05. The molecule has 1 aromatic heterocycles. The molecule has 1 unspecified atom stereocenters. The van der Waals surface area contributed by atoms with Crippen molar-refractivity contribution >= 4 is 17.6 Å². The first kappa shape index (κ1) is 14.4. The average Bonchev–Trinajstić information content (AvgIpc) is 3.20. The van der Waals surface area contributed by atoms with E-state index in [-0.39, 0.29) is 17.6 Å². The van der Waals surface area contributed by atoms with E-state index in [1.165, 1.54) is 11.2 Å². The van der Waals surface area contributed by atoms with Crippen LogP contribution in [0.5, 0.6) is 0 Å². The lowest BCUT2D eigenvalue weighted by molar-refractivity contribution is -0.139. The van der Waals surface area contributed by atoms with Crippen molar-refractivity contribution in [1.29, 1.82) is 0 Å². The summed E-state index contributed by atoms with van der Waals surface area (Å²) in [5.41, 5.74) is 1.73. The molecule has 1 aliphatic heterocycles. The number of cyclic esters (lactones) is 1. The number of hydrogen-bond acceptors (Lipinski definition) is 4. The van der Waals surface area contributed by atoms with Crippen LogP contribution in [0, 0.1) is 0 Å². The fraction of sp³-hybridized carbons (Fsp3) is 0.294. The van der Waals surface area contributed by atoms with Gasteiger partial charge in [-0.05, 0) is 30.2 Å². The van der Waals surface area contributed by atoms with E-state index in [0.29, 0.717) is 13.0 Å². The summed E-state index contributed by atoms with van der Waals surface area (Å²) in [6.07, 6.45) is 2.70. The van der Waals surface area contributed by atoms with Gasteiger partial charge in [-0.2, -0.15) is 0 Å². The number of rotatable bonds is 4. The Kier molecular flexibility index (Phi) is 3.96. The van der Waals surface area contributed by atoms with Crippen molar-refractivity contribution in [2.75, 3.05) is 11.5 Å². The zero-order valence-electron chi connectivity index (χ0n) is 12.3. The van der Waals surface area contributed by atoms with Crippen LogP contribution in [0.4, 0.5) is 5.69 Å². The Bertz CT molecular complexity index is 678. The number of nitrogens with zero attached hydrogens (tertiary/aromatic N) is 1. The summed E-state index contributed by atoms with van der Waals surface area (Å²) in [5.74, 6) is -0.480. The van der Waals surface area contributed by atoms with Crippen LogP contribution in [0.25, 0.3) is 0 Å². The van der Waals surface area contributed by atoms with Gasteiger partial charge in [0.2, 0.25) is 0 Å². The number of amides is 1. The van der Waals surface area contributed by atoms with Gasteiger partial charge < -0.3 is 9.15 Å². The molecule has 5 heteroatoms. The second-order valence-electron chi connectivity index (χ2n) is 5.11. The van der Waals surface area contributed by atoms with Crippen molar-refractivity contribution in [1.82, 2.24) is 0 Å². The van der Waals surface area contributed by atoms with E-state index in [1.54, 1.807) is 12.1 Å². The van der Waals surface area contributed by atoms with Gasteiger partial charge in [-0.1, -0.05) is 25.1 Å². The zero-order valence-corrected chi connectivity index (χ0v) is 12.3. The number of aryl methyl sites for hydroxylation is 1. The third-order valence-corrected chi connectivity index (χ3v) is 3.80. The Labute approximate surface area is 128 Å². The Morgan fingerprint density at radius 2 is 2.09 bits per heavy atom. The summed E-state index contributed by atoms with van der Waals surface area (Å²) in [6, 6.07) is 10.2. The molecule has 1 aromatic carbocycles. The lowest BCUT2D eigenvalue weighted by atomic mass is 10.1. The maximum absolute atomic E-state index is 12.8. The highest BCUT2D eigenvalue weighted by atomic mass is 16.5. The Morgan fingerprint density at radius 3 is 2.73 bits per heavy atom. The smallest absolute Gasteiger partial charge is 0.329 e. The maximum atomic E-state index is 12.8. The first-order chi connectivity index (χ1) is 10.7. The van der Waals surface area contributed by atoms with Crippen molar-refractivity contribution in [3.63, 3.8) is 0 Å². The van der Waals surface area contributed by atoms with Crippen molar-refractivity contribution in [3.05, 3.63) is 54.0 Å². The van der Waals surface area contributed by atoms with Gasteiger partial charge in [0.05, 0.1) is 12.9 Å². The molecule has 22 heavy (non-hydrogen) atoms. The average molecular weight is 299 g/mol. The molecule has 3 rings (SSSR count). The minimum absolute atomic E-state index is 0.214. The molecule has 114 valence electrons. The van der Waals surface area contributed by atoms with Crippen molar-refractivity contribution in [3.8, 4) is 0 Å². The van der Waals surface area contributed by atoms with E-state index in [9.17, 15) is 9.59 Å².